The Hall–Kier alpha value is -3.36. The quantitative estimate of drug-likeness (QED) is 0.606. The second-order valence-electron chi connectivity index (χ2n) is 4.47. The van der Waals surface area contributed by atoms with Gasteiger partial charge in [-0.15, -0.1) is 0 Å². The van der Waals surface area contributed by atoms with Crippen LogP contribution in [-0.4, -0.2) is 43.1 Å². The Morgan fingerprint density at radius 1 is 1.20 bits per heavy atom. The van der Waals surface area contributed by atoms with Crippen LogP contribution in [0.1, 0.15) is 12.5 Å². The van der Waals surface area contributed by atoms with Gasteiger partial charge in [-0.25, -0.2) is 10.2 Å². The third-order valence-corrected chi connectivity index (χ3v) is 2.83. The molecule has 1 amide bonds. The monoisotopic (exact) mass is 346 g/mol. The van der Waals surface area contributed by atoms with Crippen LogP contribution in [0.5, 0.6) is 23.5 Å². The largest absolute Gasteiger partial charge is 0.481 e. The zero-order valence-corrected chi connectivity index (χ0v) is 14.1. The minimum absolute atomic E-state index is 0.0513. The molecule has 0 saturated heterocycles. The van der Waals surface area contributed by atoms with E-state index in [4.69, 9.17) is 18.9 Å². The molecule has 1 aromatic carbocycles. The lowest BCUT2D eigenvalue weighted by atomic mass is 10.2. The molecule has 1 heterocycles. The van der Waals surface area contributed by atoms with Crippen LogP contribution in [0.25, 0.3) is 0 Å². The third-order valence-electron chi connectivity index (χ3n) is 2.83. The van der Waals surface area contributed by atoms with Crippen molar-refractivity contribution in [2.45, 2.75) is 6.92 Å². The smallest absolute Gasteiger partial charge is 0.427 e. The van der Waals surface area contributed by atoms with Crippen LogP contribution in [0, 0.1) is 0 Å². The number of carbonyl (C=O) groups excluding carboxylic acids is 1. The number of methoxy groups -OCH3 is 2. The van der Waals surface area contributed by atoms with Crippen LogP contribution in [0.4, 0.5) is 4.79 Å². The fourth-order valence-electron chi connectivity index (χ4n) is 1.73. The average molecular weight is 346 g/mol. The number of hydrogen-bond acceptors (Lipinski definition) is 8. The normalized spacial score (nSPS) is 10.4. The first-order valence-corrected chi connectivity index (χ1v) is 7.36. The van der Waals surface area contributed by atoms with Gasteiger partial charge in [-0.05, 0) is 19.1 Å². The molecule has 0 saturated carbocycles. The minimum Gasteiger partial charge on any atom is -0.481 e. The van der Waals surface area contributed by atoms with Crippen LogP contribution >= 0.6 is 0 Å². The molecule has 0 radical (unpaired) electrons. The summed E-state index contributed by atoms with van der Waals surface area (Å²) < 4.78 is 20.6. The van der Waals surface area contributed by atoms with E-state index in [1.807, 2.05) is 0 Å². The van der Waals surface area contributed by atoms with Gasteiger partial charge in [-0.3, -0.25) is 0 Å². The third kappa shape index (κ3) is 5.34. The summed E-state index contributed by atoms with van der Waals surface area (Å²) in [5.41, 5.74) is 2.84. The Balaban J connectivity index is 2.18. The molecule has 9 nitrogen and oxygen atoms in total. The van der Waals surface area contributed by atoms with Crippen molar-refractivity contribution < 1.29 is 23.7 Å². The first-order valence-electron chi connectivity index (χ1n) is 7.36. The van der Waals surface area contributed by atoms with Crippen LogP contribution in [0.3, 0.4) is 0 Å². The molecule has 0 spiro atoms. The molecule has 0 bridgehead atoms. The van der Waals surface area contributed by atoms with Crippen molar-refractivity contribution in [1.29, 1.82) is 0 Å². The van der Waals surface area contributed by atoms with Crippen LogP contribution in [0.2, 0.25) is 0 Å². The molecule has 25 heavy (non-hydrogen) atoms. The molecule has 1 aromatic heterocycles. The fraction of sp³-hybridized carbons (Fsp3) is 0.250. The van der Waals surface area contributed by atoms with Crippen molar-refractivity contribution in [2.24, 2.45) is 5.10 Å². The van der Waals surface area contributed by atoms with Crippen molar-refractivity contribution in [1.82, 2.24) is 15.4 Å². The Kier molecular flexibility index (Phi) is 6.52. The zero-order chi connectivity index (χ0) is 18.1. The van der Waals surface area contributed by atoms with E-state index in [-0.39, 0.29) is 12.6 Å². The summed E-state index contributed by atoms with van der Waals surface area (Å²) >= 11 is 0. The number of amides is 1. The summed E-state index contributed by atoms with van der Waals surface area (Å²) in [6.45, 7) is 1.96. The molecule has 2 aromatic rings. The van der Waals surface area contributed by atoms with Gasteiger partial charge in [0.1, 0.15) is 5.75 Å². The lowest BCUT2D eigenvalue weighted by molar-refractivity contribution is 0.152. The number of nitrogens with zero attached hydrogens (tertiary/aromatic N) is 3. The predicted octanol–water partition coefficient (Wildman–Crippen LogP) is 2.37. The molecule has 132 valence electrons. The van der Waals surface area contributed by atoms with Gasteiger partial charge in [0.25, 0.3) is 0 Å². The van der Waals surface area contributed by atoms with E-state index >= 15 is 0 Å². The number of ether oxygens (including phenoxy) is 4. The number of nitrogens with one attached hydrogen (secondary N) is 1. The maximum absolute atomic E-state index is 11.2. The highest BCUT2D eigenvalue weighted by molar-refractivity contribution is 5.84. The SMILES string of the molecule is CCOC(=O)N/N=C/c1ccccc1Oc1nc(OC)cc(OC)n1. The van der Waals surface area contributed by atoms with E-state index in [0.717, 1.165) is 0 Å². The highest BCUT2D eigenvalue weighted by atomic mass is 16.6. The highest BCUT2D eigenvalue weighted by Crippen LogP contribution is 2.25. The van der Waals surface area contributed by atoms with Crippen molar-refractivity contribution in [3.05, 3.63) is 35.9 Å². The number of hydrogen-bond donors (Lipinski definition) is 1. The number of hydrazone groups is 1. The Morgan fingerprint density at radius 2 is 1.88 bits per heavy atom. The highest BCUT2D eigenvalue weighted by Gasteiger charge is 2.10. The zero-order valence-electron chi connectivity index (χ0n) is 14.1. The second kappa shape index (κ2) is 9.06. The van der Waals surface area contributed by atoms with Crippen molar-refractivity contribution in [3.8, 4) is 23.5 Å². The lowest BCUT2D eigenvalue weighted by Gasteiger charge is -2.09. The van der Waals surface area contributed by atoms with Gasteiger partial charge in [-0.1, -0.05) is 12.1 Å². The van der Waals surface area contributed by atoms with Crippen LogP contribution in [0.15, 0.2) is 35.4 Å². The van der Waals surface area contributed by atoms with Crippen LogP contribution in [-0.2, 0) is 4.74 Å². The first kappa shape index (κ1) is 18.0. The van der Waals surface area contributed by atoms with Gasteiger partial charge < -0.3 is 18.9 Å². The van der Waals surface area contributed by atoms with E-state index in [1.54, 1.807) is 31.2 Å². The standard InChI is InChI=1S/C16H18N4O5/c1-4-24-16(21)20-17-10-11-7-5-6-8-12(11)25-15-18-13(22-2)9-14(19-15)23-3/h5-10H,4H2,1-3H3,(H,20,21)/b17-10+. The minimum atomic E-state index is -0.641. The Morgan fingerprint density at radius 3 is 2.52 bits per heavy atom. The molecule has 1 N–H and O–H groups in total. The summed E-state index contributed by atoms with van der Waals surface area (Å²) in [6, 6.07) is 8.62. The van der Waals surface area contributed by atoms with E-state index in [1.165, 1.54) is 26.5 Å². The molecule has 0 aliphatic carbocycles. The molecular weight excluding hydrogens is 328 g/mol. The van der Waals surface area contributed by atoms with Gasteiger partial charge in [0.05, 0.1) is 33.1 Å². The summed E-state index contributed by atoms with van der Waals surface area (Å²) in [6.07, 6.45) is 0.780. The maximum Gasteiger partial charge on any atom is 0.427 e. The Labute approximate surface area is 144 Å². The van der Waals surface area contributed by atoms with Gasteiger partial charge >= 0.3 is 12.1 Å². The van der Waals surface area contributed by atoms with Gasteiger partial charge in [-0.2, -0.15) is 15.1 Å². The number of benzene rings is 1. The molecule has 0 fully saturated rings. The van der Waals surface area contributed by atoms with Crippen molar-refractivity contribution in [2.75, 3.05) is 20.8 Å². The maximum atomic E-state index is 11.2. The molecule has 0 aliphatic heterocycles. The average Bonchev–Trinajstić information content (AvgIpc) is 2.63. The van der Waals surface area contributed by atoms with E-state index in [0.29, 0.717) is 23.1 Å². The number of para-hydroxylation sites is 1. The van der Waals surface area contributed by atoms with E-state index < -0.39 is 6.09 Å². The Bertz CT molecular complexity index is 729. The molecule has 0 aliphatic rings. The summed E-state index contributed by atoms with van der Waals surface area (Å²) in [4.78, 5) is 19.4. The molecule has 9 heteroatoms. The number of carbonyl (C=O) groups is 1. The number of aromatic nitrogens is 2. The summed E-state index contributed by atoms with van der Waals surface area (Å²) in [5.74, 6) is 1.04. The molecule has 0 atom stereocenters. The van der Waals surface area contributed by atoms with Crippen molar-refractivity contribution >= 4 is 12.3 Å². The topological polar surface area (TPSA) is 104 Å². The molecule has 2 rings (SSSR count). The van der Waals surface area contributed by atoms with Crippen LogP contribution < -0.4 is 19.6 Å². The first-order chi connectivity index (χ1) is 12.2. The van der Waals surface area contributed by atoms with Gasteiger partial charge in [0, 0.05) is 5.56 Å². The fourth-order valence-corrected chi connectivity index (χ4v) is 1.73. The number of rotatable bonds is 7. The second-order valence-corrected chi connectivity index (χ2v) is 4.47. The molecular formula is C16H18N4O5. The lowest BCUT2D eigenvalue weighted by Crippen LogP contribution is -2.18. The van der Waals surface area contributed by atoms with Gasteiger partial charge in [0.2, 0.25) is 11.8 Å². The molecule has 0 unspecified atom stereocenters. The van der Waals surface area contributed by atoms with E-state index in [2.05, 4.69) is 20.5 Å². The summed E-state index contributed by atoms with van der Waals surface area (Å²) in [5, 5.41) is 3.81. The summed E-state index contributed by atoms with van der Waals surface area (Å²) in [7, 11) is 2.96. The van der Waals surface area contributed by atoms with Crippen molar-refractivity contribution in [3.63, 3.8) is 0 Å². The van der Waals surface area contributed by atoms with Gasteiger partial charge in [0.15, 0.2) is 0 Å². The predicted molar refractivity (Wildman–Crippen MR) is 89.4 cm³/mol. The van der Waals surface area contributed by atoms with E-state index in [9.17, 15) is 4.79 Å².